The van der Waals surface area contributed by atoms with E-state index in [1.54, 1.807) is 0 Å². The Hall–Kier alpha value is -1.50. The van der Waals surface area contributed by atoms with Crippen molar-refractivity contribution in [3.63, 3.8) is 0 Å². The zero-order valence-corrected chi connectivity index (χ0v) is 5.16. The maximum Gasteiger partial charge on any atom is 0.318 e. The molecule has 0 radical (unpaired) electrons. The second-order valence-electron chi connectivity index (χ2n) is 1.44. The van der Waals surface area contributed by atoms with Gasteiger partial charge >= 0.3 is 11.9 Å². The minimum atomic E-state index is -1.22. The smallest absolute Gasteiger partial charge is 0.318 e. The van der Waals surface area contributed by atoms with Gasteiger partial charge in [0.25, 0.3) is 0 Å². The standard InChI is InChI=1S/C6H6O4/c1-2-3-10-6(9)4-5(7)8/h1H,3-4H2,(H,7,8). The first kappa shape index (κ1) is 8.50. The van der Waals surface area contributed by atoms with Crippen molar-refractivity contribution in [3.05, 3.63) is 0 Å². The van der Waals surface area contributed by atoms with E-state index in [4.69, 9.17) is 11.5 Å². The van der Waals surface area contributed by atoms with Gasteiger partial charge in [0.1, 0.15) is 6.42 Å². The van der Waals surface area contributed by atoms with Gasteiger partial charge < -0.3 is 9.84 Å². The molecule has 0 unspecified atom stereocenters. The van der Waals surface area contributed by atoms with Crippen molar-refractivity contribution >= 4 is 11.9 Å². The van der Waals surface area contributed by atoms with Crippen molar-refractivity contribution in [2.24, 2.45) is 0 Å². The average molecular weight is 142 g/mol. The molecule has 4 heteroatoms. The summed E-state index contributed by atoms with van der Waals surface area (Å²) in [6.45, 7) is -0.174. The summed E-state index contributed by atoms with van der Waals surface area (Å²) in [4.78, 5) is 20.1. The van der Waals surface area contributed by atoms with Crippen LogP contribution in [0.1, 0.15) is 6.42 Å². The summed E-state index contributed by atoms with van der Waals surface area (Å²) in [5.74, 6) is 0.00111. The molecule has 0 aliphatic carbocycles. The van der Waals surface area contributed by atoms with Gasteiger partial charge in [0.15, 0.2) is 6.61 Å². The Morgan fingerprint density at radius 2 is 2.20 bits per heavy atom. The summed E-state index contributed by atoms with van der Waals surface area (Å²) in [5.41, 5.74) is 0. The third kappa shape index (κ3) is 4.65. The lowest BCUT2D eigenvalue weighted by Gasteiger charge is -1.94. The number of ether oxygens (including phenoxy) is 1. The molecule has 0 rings (SSSR count). The Labute approximate surface area is 57.8 Å². The summed E-state index contributed by atoms with van der Waals surface area (Å²) < 4.78 is 4.25. The molecule has 1 N–H and O–H groups in total. The van der Waals surface area contributed by atoms with Crippen LogP contribution in [0.5, 0.6) is 0 Å². The lowest BCUT2D eigenvalue weighted by atomic mass is 10.4. The van der Waals surface area contributed by atoms with E-state index in [-0.39, 0.29) is 6.61 Å². The molecule has 0 heterocycles. The van der Waals surface area contributed by atoms with Gasteiger partial charge in [0, 0.05) is 0 Å². The van der Waals surface area contributed by atoms with Crippen LogP contribution in [-0.4, -0.2) is 23.7 Å². The number of hydrogen-bond donors (Lipinski definition) is 1. The number of carbonyl (C=O) groups is 2. The Kier molecular flexibility index (Phi) is 3.73. The van der Waals surface area contributed by atoms with Crippen LogP contribution in [0.15, 0.2) is 0 Å². The molecule has 0 aromatic rings. The van der Waals surface area contributed by atoms with Crippen LogP contribution in [0.3, 0.4) is 0 Å². The first-order valence-corrected chi connectivity index (χ1v) is 2.47. The van der Waals surface area contributed by atoms with Gasteiger partial charge in [-0.05, 0) is 0 Å². The highest BCUT2D eigenvalue weighted by atomic mass is 16.5. The lowest BCUT2D eigenvalue weighted by molar-refractivity contribution is -0.150. The summed E-state index contributed by atoms with van der Waals surface area (Å²) >= 11 is 0. The molecular weight excluding hydrogens is 136 g/mol. The minimum absolute atomic E-state index is 0.174. The predicted octanol–water partition coefficient (Wildman–Crippen LogP) is -0.363. The number of carboxylic acids is 1. The SMILES string of the molecule is C#CCOC(=O)CC(=O)O. The summed E-state index contributed by atoms with van der Waals surface area (Å²) in [5, 5.41) is 8.03. The summed E-state index contributed by atoms with van der Waals surface area (Å²) in [6.07, 6.45) is 4.10. The van der Waals surface area contributed by atoms with E-state index in [0.29, 0.717) is 0 Å². The van der Waals surface area contributed by atoms with E-state index in [1.807, 2.05) is 5.92 Å². The average Bonchev–Trinajstić information content (AvgIpc) is 1.82. The zero-order chi connectivity index (χ0) is 7.98. The lowest BCUT2D eigenvalue weighted by Crippen LogP contribution is -2.10. The molecule has 0 aliphatic heterocycles. The molecule has 4 nitrogen and oxygen atoms in total. The molecule has 0 fully saturated rings. The maximum absolute atomic E-state index is 10.3. The first-order valence-electron chi connectivity index (χ1n) is 2.47. The fraction of sp³-hybridized carbons (Fsp3) is 0.333. The van der Waals surface area contributed by atoms with Gasteiger partial charge in [0.2, 0.25) is 0 Å². The van der Waals surface area contributed by atoms with Crippen LogP contribution in [0.4, 0.5) is 0 Å². The van der Waals surface area contributed by atoms with Crippen molar-refractivity contribution in [2.45, 2.75) is 6.42 Å². The molecule has 0 saturated carbocycles. The molecule has 10 heavy (non-hydrogen) atoms. The highest BCUT2D eigenvalue weighted by molar-refractivity contribution is 5.90. The Balaban J connectivity index is 3.47. The highest BCUT2D eigenvalue weighted by Crippen LogP contribution is 1.84. The van der Waals surface area contributed by atoms with Crippen molar-refractivity contribution in [1.29, 1.82) is 0 Å². The van der Waals surface area contributed by atoms with Crippen LogP contribution in [0.2, 0.25) is 0 Å². The van der Waals surface area contributed by atoms with E-state index in [0.717, 1.165) is 0 Å². The van der Waals surface area contributed by atoms with Gasteiger partial charge in [-0.2, -0.15) is 0 Å². The fourth-order valence-corrected chi connectivity index (χ4v) is 0.297. The highest BCUT2D eigenvalue weighted by Gasteiger charge is 2.06. The largest absolute Gasteiger partial charge is 0.481 e. The number of esters is 1. The Morgan fingerprint density at radius 3 is 2.60 bits per heavy atom. The van der Waals surface area contributed by atoms with E-state index >= 15 is 0 Å². The zero-order valence-electron chi connectivity index (χ0n) is 5.16. The number of aliphatic carboxylic acids is 1. The molecule has 54 valence electrons. The van der Waals surface area contributed by atoms with Crippen molar-refractivity contribution < 1.29 is 19.4 Å². The number of hydrogen-bond acceptors (Lipinski definition) is 3. The third-order valence-electron chi connectivity index (χ3n) is 0.612. The van der Waals surface area contributed by atoms with E-state index in [9.17, 15) is 9.59 Å². The molecule has 0 aromatic heterocycles. The maximum atomic E-state index is 10.3. The van der Waals surface area contributed by atoms with E-state index < -0.39 is 18.4 Å². The molecule has 0 spiro atoms. The molecule has 0 saturated heterocycles. The molecule has 0 aromatic carbocycles. The van der Waals surface area contributed by atoms with Crippen LogP contribution in [0, 0.1) is 12.3 Å². The fourth-order valence-electron chi connectivity index (χ4n) is 0.297. The number of terminal acetylenes is 1. The van der Waals surface area contributed by atoms with Crippen molar-refractivity contribution in [3.8, 4) is 12.3 Å². The molecule has 0 bridgehead atoms. The minimum Gasteiger partial charge on any atom is -0.481 e. The monoisotopic (exact) mass is 142 g/mol. The van der Waals surface area contributed by atoms with Crippen molar-refractivity contribution in [1.82, 2.24) is 0 Å². The van der Waals surface area contributed by atoms with Crippen LogP contribution in [-0.2, 0) is 14.3 Å². The molecule has 0 amide bonds. The normalized spacial score (nSPS) is 7.90. The first-order chi connectivity index (χ1) is 4.66. The third-order valence-corrected chi connectivity index (χ3v) is 0.612. The quantitative estimate of drug-likeness (QED) is 0.332. The molecule has 0 aliphatic rings. The second-order valence-corrected chi connectivity index (χ2v) is 1.44. The topological polar surface area (TPSA) is 63.6 Å². The number of carboxylic acid groups (broad SMARTS) is 1. The van der Waals surface area contributed by atoms with Gasteiger partial charge in [-0.1, -0.05) is 5.92 Å². The molecule has 0 atom stereocenters. The van der Waals surface area contributed by atoms with Gasteiger partial charge in [-0.15, -0.1) is 6.42 Å². The number of carbonyl (C=O) groups excluding carboxylic acids is 1. The van der Waals surface area contributed by atoms with Gasteiger partial charge in [0.05, 0.1) is 0 Å². The van der Waals surface area contributed by atoms with E-state index in [2.05, 4.69) is 4.74 Å². The van der Waals surface area contributed by atoms with Crippen molar-refractivity contribution in [2.75, 3.05) is 6.61 Å². The van der Waals surface area contributed by atoms with Crippen LogP contribution < -0.4 is 0 Å². The van der Waals surface area contributed by atoms with Gasteiger partial charge in [-0.3, -0.25) is 9.59 Å². The summed E-state index contributed by atoms with van der Waals surface area (Å²) in [7, 11) is 0. The summed E-state index contributed by atoms with van der Waals surface area (Å²) in [6, 6.07) is 0. The van der Waals surface area contributed by atoms with Crippen LogP contribution >= 0.6 is 0 Å². The van der Waals surface area contributed by atoms with E-state index in [1.165, 1.54) is 0 Å². The second kappa shape index (κ2) is 4.39. The molecular formula is C6H6O4. The Bertz CT molecular complexity index is 177. The van der Waals surface area contributed by atoms with Crippen LogP contribution in [0.25, 0.3) is 0 Å². The van der Waals surface area contributed by atoms with Gasteiger partial charge in [-0.25, -0.2) is 0 Å². The Morgan fingerprint density at radius 1 is 1.60 bits per heavy atom. The number of rotatable bonds is 3. The predicted molar refractivity (Wildman–Crippen MR) is 32.0 cm³/mol.